The van der Waals surface area contributed by atoms with Crippen molar-refractivity contribution in [2.45, 2.75) is 38.6 Å². The van der Waals surface area contributed by atoms with Crippen LogP contribution in [0.1, 0.15) is 38.8 Å². The Morgan fingerprint density at radius 3 is 1.65 bits per heavy atom. The third kappa shape index (κ3) is 3.67. The fourth-order valence-electron chi connectivity index (χ4n) is 2.54. The second kappa shape index (κ2) is 6.37. The highest BCUT2D eigenvalue weighted by Crippen LogP contribution is 2.25. The molecule has 0 saturated heterocycles. The Hall–Kier alpha value is -2.42. The van der Waals surface area contributed by atoms with Crippen LogP contribution >= 0.6 is 0 Å². The van der Waals surface area contributed by atoms with Crippen LogP contribution in [0.4, 0.5) is 0 Å². The van der Waals surface area contributed by atoms with E-state index in [1.54, 1.807) is 13.8 Å². The highest BCUT2D eigenvalue weighted by atomic mass is 16.2. The standard InChI is InChI=1S/C20H23NO2/c1-19(2,15-11-7-5-8-12-15)17(22)18(23)21-20(3,4)16-13-9-6-10-14-16/h5-14H,1-4H3,(H,21,23). The zero-order valence-corrected chi connectivity index (χ0v) is 14.1. The Labute approximate surface area is 137 Å². The van der Waals surface area contributed by atoms with Gasteiger partial charge in [-0.1, -0.05) is 60.7 Å². The van der Waals surface area contributed by atoms with Gasteiger partial charge >= 0.3 is 0 Å². The van der Waals surface area contributed by atoms with Crippen LogP contribution in [0.3, 0.4) is 0 Å². The fraction of sp³-hybridized carbons (Fsp3) is 0.300. The van der Waals surface area contributed by atoms with Gasteiger partial charge in [-0.3, -0.25) is 9.59 Å². The molecule has 2 aromatic carbocycles. The first-order valence-electron chi connectivity index (χ1n) is 7.73. The van der Waals surface area contributed by atoms with Crippen LogP contribution in [-0.4, -0.2) is 11.7 Å². The molecule has 3 nitrogen and oxygen atoms in total. The molecule has 0 aromatic heterocycles. The third-order valence-electron chi connectivity index (χ3n) is 4.19. The van der Waals surface area contributed by atoms with E-state index in [-0.39, 0.29) is 0 Å². The van der Waals surface area contributed by atoms with E-state index in [0.29, 0.717) is 0 Å². The van der Waals surface area contributed by atoms with Crippen LogP contribution < -0.4 is 5.32 Å². The molecule has 23 heavy (non-hydrogen) atoms. The normalized spacial score (nSPS) is 11.8. The van der Waals surface area contributed by atoms with Crippen LogP contribution in [0.5, 0.6) is 0 Å². The molecule has 0 bridgehead atoms. The van der Waals surface area contributed by atoms with Gasteiger partial charge in [-0.2, -0.15) is 0 Å². The van der Waals surface area contributed by atoms with E-state index in [1.165, 1.54) is 0 Å². The largest absolute Gasteiger partial charge is 0.341 e. The zero-order valence-electron chi connectivity index (χ0n) is 14.1. The number of amides is 1. The smallest absolute Gasteiger partial charge is 0.288 e. The second-order valence-corrected chi connectivity index (χ2v) is 6.77. The first-order chi connectivity index (χ1) is 10.7. The van der Waals surface area contributed by atoms with Crippen LogP contribution in [0.25, 0.3) is 0 Å². The molecule has 0 spiro atoms. The Kier molecular flexibility index (Phi) is 4.69. The van der Waals surface area contributed by atoms with Crippen molar-refractivity contribution in [2.24, 2.45) is 0 Å². The highest BCUT2D eigenvalue weighted by Gasteiger charge is 2.36. The number of hydrogen-bond donors (Lipinski definition) is 1. The average Bonchev–Trinajstić information content (AvgIpc) is 2.55. The van der Waals surface area contributed by atoms with E-state index in [1.807, 2.05) is 74.5 Å². The van der Waals surface area contributed by atoms with Gasteiger partial charge in [0.15, 0.2) is 0 Å². The van der Waals surface area contributed by atoms with E-state index in [2.05, 4.69) is 5.32 Å². The maximum absolute atomic E-state index is 12.7. The van der Waals surface area contributed by atoms with E-state index in [9.17, 15) is 9.59 Å². The van der Waals surface area contributed by atoms with Crippen molar-refractivity contribution in [3.63, 3.8) is 0 Å². The number of Topliss-reactive ketones (excluding diaryl/α,β-unsaturated/α-hetero) is 1. The Bertz CT molecular complexity index is 688. The summed E-state index contributed by atoms with van der Waals surface area (Å²) < 4.78 is 0. The van der Waals surface area contributed by atoms with E-state index >= 15 is 0 Å². The Balaban J connectivity index is 2.19. The molecule has 120 valence electrons. The Morgan fingerprint density at radius 1 is 0.739 bits per heavy atom. The van der Waals surface area contributed by atoms with Crippen molar-refractivity contribution in [2.75, 3.05) is 0 Å². The van der Waals surface area contributed by atoms with E-state index in [0.717, 1.165) is 11.1 Å². The van der Waals surface area contributed by atoms with E-state index in [4.69, 9.17) is 0 Å². The van der Waals surface area contributed by atoms with Gasteiger partial charge < -0.3 is 5.32 Å². The molecule has 0 unspecified atom stereocenters. The predicted molar refractivity (Wildman–Crippen MR) is 92.1 cm³/mol. The summed E-state index contributed by atoms with van der Waals surface area (Å²) in [6.07, 6.45) is 0. The molecule has 0 fully saturated rings. The molecule has 0 atom stereocenters. The summed E-state index contributed by atoms with van der Waals surface area (Å²) in [4.78, 5) is 25.2. The molecule has 0 aliphatic heterocycles. The van der Waals surface area contributed by atoms with Crippen molar-refractivity contribution in [3.8, 4) is 0 Å². The number of carbonyl (C=O) groups excluding carboxylic acids is 2. The molecule has 1 N–H and O–H groups in total. The van der Waals surface area contributed by atoms with Gasteiger partial charge in [0, 0.05) is 0 Å². The number of carbonyl (C=O) groups is 2. The molecular formula is C20H23NO2. The summed E-state index contributed by atoms with van der Waals surface area (Å²) in [7, 11) is 0. The fourth-order valence-corrected chi connectivity index (χ4v) is 2.54. The van der Waals surface area contributed by atoms with Gasteiger partial charge in [0.2, 0.25) is 5.78 Å². The molecule has 0 aliphatic carbocycles. The quantitative estimate of drug-likeness (QED) is 0.858. The lowest BCUT2D eigenvalue weighted by atomic mass is 9.80. The number of hydrogen-bond acceptors (Lipinski definition) is 2. The van der Waals surface area contributed by atoms with Gasteiger partial charge in [-0.25, -0.2) is 0 Å². The third-order valence-corrected chi connectivity index (χ3v) is 4.19. The highest BCUT2D eigenvalue weighted by molar-refractivity contribution is 6.39. The summed E-state index contributed by atoms with van der Waals surface area (Å²) in [5.41, 5.74) is 0.315. The van der Waals surface area contributed by atoms with Crippen molar-refractivity contribution < 1.29 is 9.59 Å². The van der Waals surface area contributed by atoms with E-state index < -0.39 is 22.6 Å². The summed E-state index contributed by atoms with van der Waals surface area (Å²) in [6, 6.07) is 19.0. The first-order valence-corrected chi connectivity index (χ1v) is 7.73. The summed E-state index contributed by atoms with van der Waals surface area (Å²) in [5, 5.41) is 2.86. The molecule has 2 aromatic rings. The van der Waals surface area contributed by atoms with Crippen molar-refractivity contribution >= 4 is 11.7 Å². The predicted octanol–water partition coefficient (Wildman–Crippen LogP) is 3.58. The lowest BCUT2D eigenvalue weighted by Gasteiger charge is -2.29. The minimum absolute atomic E-state index is 0.437. The van der Waals surface area contributed by atoms with Gasteiger partial charge in [-0.05, 0) is 38.8 Å². The van der Waals surface area contributed by atoms with Crippen LogP contribution in [0.2, 0.25) is 0 Å². The lowest BCUT2D eigenvalue weighted by Crippen LogP contribution is -2.49. The molecule has 0 saturated carbocycles. The average molecular weight is 309 g/mol. The molecule has 0 heterocycles. The van der Waals surface area contributed by atoms with Gasteiger partial charge in [0.1, 0.15) is 0 Å². The van der Waals surface area contributed by atoms with Crippen LogP contribution in [0.15, 0.2) is 60.7 Å². The maximum atomic E-state index is 12.7. The molecule has 0 radical (unpaired) electrons. The van der Waals surface area contributed by atoms with Gasteiger partial charge in [0.25, 0.3) is 5.91 Å². The van der Waals surface area contributed by atoms with Crippen LogP contribution in [0, 0.1) is 0 Å². The molecule has 0 aliphatic rings. The number of nitrogens with one attached hydrogen (secondary N) is 1. The lowest BCUT2D eigenvalue weighted by molar-refractivity contribution is -0.141. The summed E-state index contributed by atoms with van der Waals surface area (Å²) in [5.74, 6) is -1.000. The molecule has 2 rings (SSSR count). The molecular weight excluding hydrogens is 286 g/mol. The number of benzene rings is 2. The topological polar surface area (TPSA) is 46.2 Å². The number of rotatable bonds is 5. The van der Waals surface area contributed by atoms with Gasteiger partial charge in [0.05, 0.1) is 11.0 Å². The molecule has 3 heteroatoms. The SMILES string of the molecule is CC(C)(NC(=O)C(=O)C(C)(C)c1ccccc1)c1ccccc1. The van der Waals surface area contributed by atoms with Crippen LogP contribution in [-0.2, 0) is 20.5 Å². The minimum atomic E-state index is -0.863. The zero-order chi connectivity index (χ0) is 17.1. The van der Waals surface area contributed by atoms with Crippen molar-refractivity contribution in [3.05, 3.63) is 71.8 Å². The van der Waals surface area contributed by atoms with Crippen molar-refractivity contribution in [1.29, 1.82) is 0 Å². The first kappa shape index (κ1) is 16.9. The number of ketones is 1. The second-order valence-electron chi connectivity index (χ2n) is 6.77. The summed E-state index contributed by atoms with van der Waals surface area (Å²) in [6.45, 7) is 7.34. The van der Waals surface area contributed by atoms with Crippen molar-refractivity contribution in [1.82, 2.24) is 5.32 Å². The maximum Gasteiger partial charge on any atom is 0.288 e. The minimum Gasteiger partial charge on any atom is -0.341 e. The summed E-state index contributed by atoms with van der Waals surface area (Å²) >= 11 is 0. The van der Waals surface area contributed by atoms with Gasteiger partial charge in [-0.15, -0.1) is 0 Å². The Morgan fingerprint density at radius 2 is 1.17 bits per heavy atom. The molecule has 1 amide bonds. The monoisotopic (exact) mass is 309 g/mol.